The fourth-order valence-corrected chi connectivity index (χ4v) is 19.2. The van der Waals surface area contributed by atoms with Crippen LogP contribution in [0.15, 0.2) is 315 Å². The third-order valence-electron chi connectivity index (χ3n) is 21.2. The molecule has 0 unspecified atom stereocenters. The van der Waals surface area contributed by atoms with Gasteiger partial charge in [0.1, 0.15) is 0 Å². The van der Waals surface area contributed by atoms with Gasteiger partial charge in [-0.05, 0) is 161 Å². The van der Waals surface area contributed by atoms with E-state index in [-0.39, 0.29) is 6.71 Å². The fraction of sp³-hybridized carbons (Fsp3) is 0.0233. The lowest BCUT2D eigenvalue weighted by atomic mass is 9.33. The van der Waals surface area contributed by atoms with Crippen LogP contribution in [0.5, 0.6) is 0 Å². The zero-order valence-corrected chi connectivity index (χ0v) is 50.2. The molecule has 1 aromatic heterocycles. The second-order valence-corrected chi connectivity index (χ2v) is 26.3. The van der Waals surface area contributed by atoms with Gasteiger partial charge in [-0.15, -0.1) is 11.3 Å². The molecular formula is C86H52BN3S. The molecule has 4 aliphatic carbocycles. The summed E-state index contributed by atoms with van der Waals surface area (Å²) in [6, 6.07) is 120. The molecule has 21 rings (SSSR count). The van der Waals surface area contributed by atoms with E-state index in [9.17, 15) is 0 Å². The molecule has 420 valence electrons. The maximum Gasteiger partial charge on any atom is 0.252 e. The molecule has 0 saturated heterocycles. The molecule has 6 aliphatic rings. The first kappa shape index (κ1) is 49.7. The van der Waals surface area contributed by atoms with Gasteiger partial charge in [0, 0.05) is 65.4 Å². The summed E-state index contributed by atoms with van der Waals surface area (Å²) in [6.07, 6.45) is 0. The van der Waals surface area contributed by atoms with E-state index in [1.54, 1.807) is 0 Å². The van der Waals surface area contributed by atoms with Crippen molar-refractivity contribution in [3.8, 4) is 44.5 Å². The van der Waals surface area contributed by atoms with Crippen molar-refractivity contribution in [1.82, 2.24) is 0 Å². The Labute approximate surface area is 532 Å². The average molecular weight is 1170 g/mol. The molecule has 0 fully saturated rings. The molecule has 0 amide bonds. The van der Waals surface area contributed by atoms with E-state index >= 15 is 0 Å². The normalized spacial score (nSPS) is 14.5. The van der Waals surface area contributed by atoms with Crippen LogP contribution in [0.4, 0.5) is 51.2 Å². The van der Waals surface area contributed by atoms with Crippen LogP contribution in [0.2, 0.25) is 0 Å². The molecule has 2 aliphatic heterocycles. The number of benzene rings is 14. The van der Waals surface area contributed by atoms with Crippen molar-refractivity contribution in [2.75, 3.05) is 14.7 Å². The zero-order valence-electron chi connectivity index (χ0n) is 49.3. The van der Waals surface area contributed by atoms with E-state index in [1.807, 2.05) is 11.3 Å². The first-order chi connectivity index (χ1) is 45.2. The Hall–Kier alpha value is -11.2. The maximum absolute atomic E-state index is 2.68. The topological polar surface area (TPSA) is 9.72 Å². The number of hydrogen-bond donors (Lipinski definition) is 0. The van der Waals surface area contributed by atoms with Gasteiger partial charge in [0.2, 0.25) is 0 Å². The summed E-state index contributed by atoms with van der Waals surface area (Å²) >= 11 is 1.89. The number of rotatable bonds is 5. The standard InChI is InChI=1S/C86H52BN3S/c1-4-25-53(26-5-1)88(74-45-24-44-70-79(74)61-35-14-21-42-68(61)85(70)64-38-17-10-31-57(64)58-32-11-18-39-65(58)85)56-51-75-82-76(52-56)90(55-29-8-3-9-30-55)84-73(49-50-78-81(84)63-37-16-23-46-77(63)91-78)87(82)72-48-47-71-80(83(72)89(75)54-27-6-2-7-28-54)62-36-15-22-43-69(62)86(71)66-40-19-12-33-59(66)60-34-13-20-41-67(60)86/h1-52H. The minimum Gasteiger partial charge on any atom is -0.311 e. The van der Waals surface area contributed by atoms with Gasteiger partial charge in [0.15, 0.2) is 0 Å². The number of para-hydroxylation sites is 3. The minimum absolute atomic E-state index is 0.162. The second kappa shape index (κ2) is 18.2. The highest BCUT2D eigenvalue weighted by Crippen LogP contribution is 2.67. The second-order valence-electron chi connectivity index (χ2n) is 25.2. The van der Waals surface area contributed by atoms with Gasteiger partial charge in [-0.25, -0.2) is 0 Å². The quantitative estimate of drug-likeness (QED) is 0.159. The first-order valence-corrected chi connectivity index (χ1v) is 32.6. The van der Waals surface area contributed by atoms with Crippen LogP contribution in [-0.2, 0) is 10.8 Å². The SMILES string of the molecule is c1ccc(N(c2cc3c4c(c2)N(c2ccccc2)c2c(ccc5sc6ccccc6c25)B4c2ccc4c(c2N3c2ccccc2)-c2ccccc2C42c3ccccc3-c3ccccc32)c2cccc3c2-c2ccccc2C32c3ccccc3-c3ccccc32)cc1. The largest absolute Gasteiger partial charge is 0.311 e. The van der Waals surface area contributed by atoms with Crippen molar-refractivity contribution in [3.05, 3.63) is 360 Å². The molecule has 0 N–H and O–H groups in total. The van der Waals surface area contributed by atoms with Gasteiger partial charge in [-0.1, -0.05) is 249 Å². The fourth-order valence-electron chi connectivity index (χ4n) is 18.1. The Balaban J connectivity index is 0.918. The van der Waals surface area contributed by atoms with Gasteiger partial charge >= 0.3 is 0 Å². The molecule has 2 spiro atoms. The Kier molecular flexibility index (Phi) is 9.95. The van der Waals surface area contributed by atoms with Crippen LogP contribution < -0.4 is 31.1 Å². The number of fused-ring (bicyclic) bond motifs is 29. The summed E-state index contributed by atoms with van der Waals surface area (Å²) in [5, 5.41) is 2.56. The molecule has 0 atom stereocenters. The highest BCUT2D eigenvalue weighted by atomic mass is 32.1. The van der Waals surface area contributed by atoms with Crippen molar-refractivity contribution in [2.45, 2.75) is 10.8 Å². The highest BCUT2D eigenvalue weighted by Gasteiger charge is 2.56. The summed E-state index contributed by atoms with van der Waals surface area (Å²) in [5.74, 6) is 0. The smallest absolute Gasteiger partial charge is 0.252 e. The highest BCUT2D eigenvalue weighted by molar-refractivity contribution is 7.26. The van der Waals surface area contributed by atoms with Crippen LogP contribution in [0.3, 0.4) is 0 Å². The summed E-state index contributed by atoms with van der Waals surface area (Å²) < 4.78 is 2.56. The predicted molar refractivity (Wildman–Crippen MR) is 381 cm³/mol. The number of nitrogens with zero attached hydrogens (tertiary/aromatic N) is 3. The summed E-state index contributed by atoms with van der Waals surface area (Å²) in [4.78, 5) is 7.91. The third kappa shape index (κ3) is 6.19. The minimum atomic E-state index is -0.550. The molecule has 91 heavy (non-hydrogen) atoms. The number of anilines is 9. The Morgan fingerprint density at radius 2 is 0.725 bits per heavy atom. The lowest BCUT2D eigenvalue weighted by Crippen LogP contribution is -2.61. The van der Waals surface area contributed by atoms with Crippen molar-refractivity contribution < 1.29 is 0 Å². The van der Waals surface area contributed by atoms with Crippen molar-refractivity contribution >= 4 is 106 Å². The summed E-state index contributed by atoms with van der Waals surface area (Å²) in [5.41, 5.74) is 33.9. The summed E-state index contributed by atoms with van der Waals surface area (Å²) in [7, 11) is 0. The summed E-state index contributed by atoms with van der Waals surface area (Å²) in [6.45, 7) is -0.162. The third-order valence-corrected chi connectivity index (χ3v) is 22.4. The first-order valence-electron chi connectivity index (χ1n) is 31.8. The van der Waals surface area contributed by atoms with Gasteiger partial charge in [-0.3, -0.25) is 0 Å². The molecule has 5 heteroatoms. The molecule has 15 aromatic rings. The van der Waals surface area contributed by atoms with Crippen LogP contribution >= 0.6 is 11.3 Å². The molecule has 3 nitrogen and oxygen atoms in total. The maximum atomic E-state index is 2.68. The van der Waals surface area contributed by atoms with Crippen molar-refractivity contribution in [3.63, 3.8) is 0 Å². The van der Waals surface area contributed by atoms with Crippen LogP contribution in [0, 0.1) is 0 Å². The van der Waals surface area contributed by atoms with E-state index in [4.69, 9.17) is 0 Å². The van der Waals surface area contributed by atoms with Gasteiger partial charge in [0.05, 0.1) is 27.9 Å². The van der Waals surface area contributed by atoms with Crippen molar-refractivity contribution in [2.24, 2.45) is 0 Å². The van der Waals surface area contributed by atoms with Crippen LogP contribution in [0.25, 0.3) is 64.7 Å². The van der Waals surface area contributed by atoms with E-state index in [1.165, 1.54) is 137 Å². The van der Waals surface area contributed by atoms with E-state index in [0.29, 0.717) is 0 Å². The zero-order chi connectivity index (χ0) is 59.3. The van der Waals surface area contributed by atoms with E-state index < -0.39 is 10.8 Å². The Morgan fingerprint density at radius 1 is 0.308 bits per heavy atom. The van der Waals surface area contributed by atoms with Gasteiger partial charge in [0.25, 0.3) is 6.71 Å². The predicted octanol–water partition coefficient (Wildman–Crippen LogP) is 20.3. The monoisotopic (exact) mass is 1170 g/mol. The molecule has 14 aromatic carbocycles. The Morgan fingerprint density at radius 3 is 1.29 bits per heavy atom. The van der Waals surface area contributed by atoms with Crippen LogP contribution in [0.1, 0.15) is 44.5 Å². The van der Waals surface area contributed by atoms with E-state index in [2.05, 4.69) is 330 Å². The van der Waals surface area contributed by atoms with E-state index in [0.717, 1.165) is 39.8 Å². The molecule has 0 bridgehead atoms. The van der Waals surface area contributed by atoms with Gasteiger partial charge in [-0.2, -0.15) is 0 Å². The average Bonchev–Trinajstić information content (AvgIpc) is 1.52. The molecule has 3 heterocycles. The number of hydrogen-bond acceptors (Lipinski definition) is 4. The molecule has 0 saturated carbocycles. The molecule has 0 radical (unpaired) electrons. The van der Waals surface area contributed by atoms with Crippen molar-refractivity contribution in [1.29, 1.82) is 0 Å². The number of thiophene rings is 1. The Bertz CT molecular complexity index is 5560. The van der Waals surface area contributed by atoms with Crippen LogP contribution in [-0.4, -0.2) is 6.71 Å². The molecular weight excluding hydrogens is 1120 g/mol. The van der Waals surface area contributed by atoms with Gasteiger partial charge < -0.3 is 14.7 Å². The lowest BCUT2D eigenvalue weighted by Gasteiger charge is -2.46. The lowest BCUT2D eigenvalue weighted by molar-refractivity contribution is 0.794.